The van der Waals surface area contributed by atoms with Crippen molar-refractivity contribution in [3.63, 3.8) is 0 Å². The number of hydrogen-bond donors (Lipinski definition) is 0. The van der Waals surface area contributed by atoms with Crippen LogP contribution in [0.15, 0.2) is 12.1 Å². The van der Waals surface area contributed by atoms with Crippen molar-refractivity contribution >= 4 is 29.2 Å². The van der Waals surface area contributed by atoms with Gasteiger partial charge in [0, 0.05) is 0 Å². The molecule has 33 heavy (non-hydrogen) atoms. The predicted octanol–water partition coefficient (Wildman–Crippen LogP) is 9.27. The number of unbranched alkanes of at least 4 members (excludes halogenated alkanes) is 3. The molecule has 0 unspecified atom stereocenters. The van der Waals surface area contributed by atoms with E-state index in [4.69, 9.17) is 32.7 Å². The summed E-state index contributed by atoms with van der Waals surface area (Å²) in [4.78, 5) is 12.8. The summed E-state index contributed by atoms with van der Waals surface area (Å²) >= 11 is 12.7. The van der Waals surface area contributed by atoms with Crippen molar-refractivity contribution in [2.45, 2.75) is 104 Å². The lowest BCUT2D eigenvalue weighted by atomic mass is 9.68. The molecular weight excluding hydrogens is 455 g/mol. The number of ether oxygens (including phenoxy) is 2. The van der Waals surface area contributed by atoms with Crippen molar-refractivity contribution in [1.82, 2.24) is 0 Å². The first kappa shape index (κ1) is 26.7. The topological polar surface area (TPSA) is 35.5 Å². The SMILES string of the molecule is CCCCCC1CCC(C2CCC(C(=O)Oc3ccc(OCCCC)c(Cl)c3Cl)CC2)CC1. The van der Waals surface area contributed by atoms with Gasteiger partial charge in [0.2, 0.25) is 0 Å². The predicted molar refractivity (Wildman–Crippen MR) is 138 cm³/mol. The van der Waals surface area contributed by atoms with E-state index in [0.717, 1.165) is 56.3 Å². The Kier molecular flexibility index (Phi) is 11.2. The first-order valence-electron chi connectivity index (χ1n) is 13.4. The fourth-order valence-electron chi connectivity index (χ4n) is 5.68. The third-order valence-corrected chi connectivity index (χ3v) is 8.70. The van der Waals surface area contributed by atoms with Crippen LogP contribution in [-0.4, -0.2) is 12.6 Å². The summed E-state index contributed by atoms with van der Waals surface area (Å²) in [6, 6.07) is 3.43. The van der Waals surface area contributed by atoms with Crippen LogP contribution < -0.4 is 9.47 Å². The van der Waals surface area contributed by atoms with Crippen LogP contribution >= 0.6 is 23.2 Å². The molecule has 2 saturated carbocycles. The zero-order valence-corrected chi connectivity index (χ0v) is 22.1. The molecule has 186 valence electrons. The number of carbonyl (C=O) groups excluding carboxylic acids is 1. The number of esters is 1. The van der Waals surface area contributed by atoms with Crippen molar-refractivity contribution in [3.8, 4) is 11.5 Å². The fourth-order valence-corrected chi connectivity index (χ4v) is 6.09. The molecule has 0 bridgehead atoms. The molecule has 0 aromatic heterocycles. The molecule has 2 aliphatic rings. The van der Waals surface area contributed by atoms with Gasteiger partial charge in [0.1, 0.15) is 15.8 Å². The Labute approximate surface area is 210 Å². The Hall–Kier alpha value is -0.930. The second-order valence-corrected chi connectivity index (χ2v) is 11.0. The van der Waals surface area contributed by atoms with Gasteiger partial charge >= 0.3 is 5.97 Å². The van der Waals surface area contributed by atoms with Gasteiger partial charge in [-0.2, -0.15) is 0 Å². The Balaban J connectivity index is 1.43. The maximum atomic E-state index is 12.8. The minimum Gasteiger partial charge on any atom is -0.492 e. The summed E-state index contributed by atoms with van der Waals surface area (Å²) in [5.74, 6) is 3.25. The van der Waals surface area contributed by atoms with E-state index in [1.807, 2.05) is 0 Å². The first-order chi connectivity index (χ1) is 16.0. The third-order valence-electron chi connectivity index (χ3n) is 7.86. The average molecular weight is 498 g/mol. The molecule has 0 spiro atoms. The Morgan fingerprint density at radius 1 is 0.818 bits per heavy atom. The third kappa shape index (κ3) is 7.79. The normalized spacial score (nSPS) is 25.6. The van der Waals surface area contributed by atoms with Gasteiger partial charge in [0.05, 0.1) is 12.5 Å². The fraction of sp³-hybridized carbons (Fsp3) is 0.750. The average Bonchev–Trinajstić information content (AvgIpc) is 2.84. The van der Waals surface area contributed by atoms with Gasteiger partial charge in [-0.05, 0) is 74.8 Å². The highest BCUT2D eigenvalue weighted by Crippen LogP contribution is 2.43. The molecule has 1 aromatic carbocycles. The van der Waals surface area contributed by atoms with Gasteiger partial charge in [-0.15, -0.1) is 0 Å². The second-order valence-electron chi connectivity index (χ2n) is 10.2. The molecule has 0 atom stereocenters. The standard InChI is InChI=1S/C28H42Cl2O3/c1-3-5-7-8-20-9-11-21(12-10-20)22-13-15-23(16-14-22)28(31)33-25-18-17-24(26(29)27(25)30)32-19-6-4-2/h17-18,20-23H,3-16,19H2,1-2H3. The molecule has 0 N–H and O–H groups in total. The van der Waals surface area contributed by atoms with E-state index in [9.17, 15) is 4.79 Å². The minimum atomic E-state index is -0.175. The monoisotopic (exact) mass is 496 g/mol. The van der Waals surface area contributed by atoms with Crippen molar-refractivity contribution < 1.29 is 14.3 Å². The lowest BCUT2D eigenvalue weighted by Crippen LogP contribution is -2.30. The number of hydrogen-bond acceptors (Lipinski definition) is 3. The van der Waals surface area contributed by atoms with Gasteiger partial charge < -0.3 is 9.47 Å². The second kappa shape index (κ2) is 13.8. The summed E-state index contributed by atoms with van der Waals surface area (Å²) in [7, 11) is 0. The molecule has 0 amide bonds. The molecule has 0 aliphatic heterocycles. The van der Waals surface area contributed by atoms with Crippen molar-refractivity contribution in [2.24, 2.45) is 23.7 Å². The van der Waals surface area contributed by atoms with Gasteiger partial charge in [-0.25, -0.2) is 0 Å². The van der Waals surface area contributed by atoms with Crippen LogP contribution in [0.2, 0.25) is 10.0 Å². The Bertz CT molecular complexity index is 735. The minimum absolute atomic E-state index is 0.0399. The van der Waals surface area contributed by atoms with Crippen molar-refractivity contribution in [2.75, 3.05) is 6.61 Å². The Morgan fingerprint density at radius 2 is 1.39 bits per heavy atom. The van der Waals surface area contributed by atoms with E-state index in [-0.39, 0.29) is 16.9 Å². The van der Waals surface area contributed by atoms with Crippen molar-refractivity contribution in [3.05, 3.63) is 22.2 Å². The van der Waals surface area contributed by atoms with Gasteiger partial charge in [-0.1, -0.05) is 82.0 Å². The van der Waals surface area contributed by atoms with E-state index in [2.05, 4.69) is 13.8 Å². The van der Waals surface area contributed by atoms with E-state index < -0.39 is 0 Å². The molecule has 0 heterocycles. The highest BCUT2D eigenvalue weighted by Gasteiger charge is 2.33. The van der Waals surface area contributed by atoms with E-state index in [1.54, 1.807) is 12.1 Å². The summed E-state index contributed by atoms with van der Waals surface area (Å²) in [5.41, 5.74) is 0. The first-order valence-corrected chi connectivity index (χ1v) is 14.1. The number of benzene rings is 1. The summed E-state index contributed by atoms with van der Waals surface area (Å²) < 4.78 is 11.4. The number of carbonyl (C=O) groups is 1. The zero-order valence-electron chi connectivity index (χ0n) is 20.6. The highest BCUT2D eigenvalue weighted by atomic mass is 35.5. The zero-order chi connectivity index (χ0) is 23.6. The van der Waals surface area contributed by atoms with Gasteiger partial charge in [0.25, 0.3) is 0 Å². The van der Waals surface area contributed by atoms with Crippen LogP contribution in [0.4, 0.5) is 0 Å². The van der Waals surface area contributed by atoms with Crippen LogP contribution in [0, 0.1) is 23.7 Å². The molecule has 3 nitrogen and oxygen atoms in total. The largest absolute Gasteiger partial charge is 0.492 e. The molecular formula is C28H42Cl2O3. The summed E-state index contributed by atoms with van der Waals surface area (Å²) in [6.07, 6.45) is 17.3. The molecule has 0 saturated heterocycles. The van der Waals surface area contributed by atoms with Crippen LogP contribution in [-0.2, 0) is 4.79 Å². The summed E-state index contributed by atoms with van der Waals surface area (Å²) in [6.45, 7) is 4.98. The quantitative estimate of drug-likeness (QED) is 0.174. The van der Waals surface area contributed by atoms with Crippen LogP contribution in [0.3, 0.4) is 0 Å². The molecule has 1 aromatic rings. The molecule has 5 heteroatoms. The van der Waals surface area contributed by atoms with E-state index in [1.165, 1.54) is 51.4 Å². The molecule has 3 rings (SSSR count). The molecule has 2 fully saturated rings. The molecule has 2 aliphatic carbocycles. The lowest BCUT2D eigenvalue weighted by molar-refractivity contribution is -0.140. The van der Waals surface area contributed by atoms with Crippen molar-refractivity contribution in [1.29, 1.82) is 0 Å². The maximum absolute atomic E-state index is 12.8. The summed E-state index contributed by atoms with van der Waals surface area (Å²) in [5, 5.41) is 0.565. The number of halogens is 2. The van der Waals surface area contributed by atoms with Gasteiger partial charge in [0.15, 0.2) is 5.75 Å². The van der Waals surface area contributed by atoms with Crippen LogP contribution in [0.1, 0.15) is 104 Å². The van der Waals surface area contributed by atoms with Crippen LogP contribution in [0.25, 0.3) is 0 Å². The Morgan fingerprint density at radius 3 is 2.03 bits per heavy atom. The highest BCUT2D eigenvalue weighted by molar-refractivity contribution is 6.43. The van der Waals surface area contributed by atoms with Crippen LogP contribution in [0.5, 0.6) is 11.5 Å². The smallest absolute Gasteiger partial charge is 0.314 e. The lowest BCUT2D eigenvalue weighted by Gasteiger charge is -2.37. The van der Waals surface area contributed by atoms with E-state index in [0.29, 0.717) is 23.1 Å². The maximum Gasteiger partial charge on any atom is 0.314 e. The van der Waals surface area contributed by atoms with Gasteiger partial charge in [-0.3, -0.25) is 4.79 Å². The molecule has 0 radical (unpaired) electrons. The number of rotatable bonds is 11. The van der Waals surface area contributed by atoms with E-state index >= 15 is 0 Å².